The summed E-state index contributed by atoms with van der Waals surface area (Å²) in [7, 11) is 0. The third-order valence-corrected chi connectivity index (χ3v) is 4.29. The van der Waals surface area contributed by atoms with Crippen LogP contribution in [-0.4, -0.2) is 19.0 Å². The zero-order chi connectivity index (χ0) is 13.6. The highest BCUT2D eigenvalue weighted by atomic mass is 16.2. The smallest absolute Gasteiger partial charge is 0.225 e. The van der Waals surface area contributed by atoms with Crippen molar-refractivity contribution >= 4 is 5.91 Å². The second kappa shape index (κ2) is 6.55. The maximum absolute atomic E-state index is 12.3. The zero-order valence-electron chi connectivity index (χ0n) is 12.3. The Balaban J connectivity index is 2.40. The third-order valence-electron chi connectivity index (χ3n) is 4.29. The van der Waals surface area contributed by atoms with E-state index in [-0.39, 0.29) is 16.7 Å². The van der Waals surface area contributed by atoms with Gasteiger partial charge < -0.3 is 11.1 Å². The van der Waals surface area contributed by atoms with E-state index in [1.807, 2.05) is 0 Å². The van der Waals surface area contributed by atoms with Crippen molar-refractivity contribution in [2.24, 2.45) is 16.6 Å². The summed E-state index contributed by atoms with van der Waals surface area (Å²) in [5.41, 5.74) is 5.57. The van der Waals surface area contributed by atoms with Crippen molar-refractivity contribution in [2.45, 2.75) is 65.7 Å². The monoisotopic (exact) mass is 254 g/mol. The van der Waals surface area contributed by atoms with Crippen molar-refractivity contribution in [3.8, 4) is 0 Å². The van der Waals surface area contributed by atoms with Gasteiger partial charge in [0.1, 0.15) is 0 Å². The van der Waals surface area contributed by atoms with Gasteiger partial charge in [-0.3, -0.25) is 4.79 Å². The SMILES string of the molecule is CC(C)(CCCN)CNC(=O)C1(C)CCCCC1. The normalized spacial score (nSPS) is 19.6. The van der Waals surface area contributed by atoms with Crippen LogP contribution in [0, 0.1) is 10.8 Å². The Morgan fingerprint density at radius 3 is 2.44 bits per heavy atom. The summed E-state index contributed by atoms with van der Waals surface area (Å²) in [5, 5.41) is 3.16. The van der Waals surface area contributed by atoms with Gasteiger partial charge >= 0.3 is 0 Å². The maximum Gasteiger partial charge on any atom is 0.225 e. The molecule has 3 N–H and O–H groups in total. The fraction of sp³-hybridized carbons (Fsp3) is 0.933. The van der Waals surface area contributed by atoms with Gasteiger partial charge in [0.15, 0.2) is 0 Å². The standard InChI is InChI=1S/C15H30N2O/c1-14(2,8-7-11-16)12-17-13(18)15(3)9-5-4-6-10-15/h4-12,16H2,1-3H3,(H,17,18). The van der Waals surface area contributed by atoms with Crippen LogP contribution in [0.3, 0.4) is 0 Å². The lowest BCUT2D eigenvalue weighted by atomic mass is 9.75. The largest absolute Gasteiger partial charge is 0.355 e. The van der Waals surface area contributed by atoms with Crippen LogP contribution in [0.1, 0.15) is 65.7 Å². The summed E-state index contributed by atoms with van der Waals surface area (Å²) < 4.78 is 0. The van der Waals surface area contributed by atoms with Crippen LogP contribution in [0.25, 0.3) is 0 Å². The summed E-state index contributed by atoms with van der Waals surface area (Å²) in [6.45, 7) is 8.02. The van der Waals surface area contributed by atoms with E-state index in [0.717, 1.165) is 38.8 Å². The lowest BCUT2D eigenvalue weighted by Crippen LogP contribution is -2.43. The molecule has 0 radical (unpaired) electrons. The van der Waals surface area contributed by atoms with E-state index in [1.165, 1.54) is 19.3 Å². The molecule has 1 amide bonds. The van der Waals surface area contributed by atoms with Crippen LogP contribution >= 0.6 is 0 Å². The summed E-state index contributed by atoms with van der Waals surface area (Å²) in [4.78, 5) is 12.3. The second-order valence-corrected chi connectivity index (χ2v) is 6.86. The molecule has 3 nitrogen and oxygen atoms in total. The lowest BCUT2D eigenvalue weighted by Gasteiger charge is -2.34. The number of hydrogen-bond acceptors (Lipinski definition) is 2. The average molecular weight is 254 g/mol. The lowest BCUT2D eigenvalue weighted by molar-refractivity contribution is -0.132. The van der Waals surface area contributed by atoms with Crippen molar-refractivity contribution < 1.29 is 4.79 Å². The molecule has 1 aliphatic rings. The Hall–Kier alpha value is -0.570. The first kappa shape index (κ1) is 15.5. The molecule has 0 atom stereocenters. The number of hydrogen-bond donors (Lipinski definition) is 2. The molecular formula is C15H30N2O. The van der Waals surface area contributed by atoms with Crippen molar-refractivity contribution in [1.29, 1.82) is 0 Å². The average Bonchev–Trinajstić information content (AvgIpc) is 2.34. The summed E-state index contributed by atoms with van der Waals surface area (Å²) in [6, 6.07) is 0. The van der Waals surface area contributed by atoms with Gasteiger partial charge in [0, 0.05) is 12.0 Å². The fourth-order valence-corrected chi connectivity index (χ4v) is 2.76. The van der Waals surface area contributed by atoms with Crippen LogP contribution in [0.2, 0.25) is 0 Å². The van der Waals surface area contributed by atoms with E-state index in [1.54, 1.807) is 0 Å². The fourth-order valence-electron chi connectivity index (χ4n) is 2.76. The number of amides is 1. The van der Waals surface area contributed by atoms with E-state index in [2.05, 4.69) is 26.1 Å². The molecule has 0 heterocycles. The van der Waals surface area contributed by atoms with Gasteiger partial charge in [-0.25, -0.2) is 0 Å². The predicted octanol–water partition coefficient (Wildman–Crippen LogP) is 2.84. The van der Waals surface area contributed by atoms with Gasteiger partial charge in [-0.2, -0.15) is 0 Å². The van der Waals surface area contributed by atoms with E-state index in [4.69, 9.17) is 5.73 Å². The summed E-state index contributed by atoms with van der Waals surface area (Å²) in [6.07, 6.45) is 7.86. The quantitative estimate of drug-likeness (QED) is 0.766. The van der Waals surface area contributed by atoms with Crippen LogP contribution in [-0.2, 0) is 4.79 Å². The molecule has 18 heavy (non-hydrogen) atoms. The number of nitrogens with one attached hydrogen (secondary N) is 1. The first-order valence-corrected chi connectivity index (χ1v) is 7.38. The van der Waals surface area contributed by atoms with Gasteiger partial charge in [-0.1, -0.05) is 40.0 Å². The number of carbonyl (C=O) groups excluding carboxylic acids is 1. The molecule has 0 spiro atoms. The van der Waals surface area contributed by atoms with Crippen molar-refractivity contribution in [3.05, 3.63) is 0 Å². The topological polar surface area (TPSA) is 55.1 Å². The minimum absolute atomic E-state index is 0.123. The highest BCUT2D eigenvalue weighted by molar-refractivity contribution is 5.82. The molecule has 106 valence electrons. The Bertz CT molecular complexity index is 268. The van der Waals surface area contributed by atoms with E-state index >= 15 is 0 Å². The predicted molar refractivity (Wildman–Crippen MR) is 76.3 cm³/mol. The molecule has 0 bridgehead atoms. The van der Waals surface area contributed by atoms with Crippen molar-refractivity contribution in [3.63, 3.8) is 0 Å². The molecule has 0 aromatic heterocycles. The van der Waals surface area contributed by atoms with Gasteiger partial charge in [0.05, 0.1) is 0 Å². The molecule has 0 aliphatic heterocycles. The highest BCUT2D eigenvalue weighted by Gasteiger charge is 2.34. The molecule has 1 rings (SSSR count). The third kappa shape index (κ3) is 4.60. The van der Waals surface area contributed by atoms with Crippen molar-refractivity contribution in [1.82, 2.24) is 5.32 Å². The molecule has 3 heteroatoms. The van der Waals surface area contributed by atoms with Gasteiger partial charge in [-0.05, 0) is 37.6 Å². The molecule has 0 aromatic rings. The van der Waals surface area contributed by atoms with E-state index in [9.17, 15) is 4.79 Å². The van der Waals surface area contributed by atoms with Crippen LogP contribution in [0.15, 0.2) is 0 Å². The first-order valence-electron chi connectivity index (χ1n) is 7.38. The van der Waals surface area contributed by atoms with Crippen molar-refractivity contribution in [2.75, 3.05) is 13.1 Å². The number of rotatable bonds is 6. The minimum atomic E-state index is -0.123. The number of nitrogens with two attached hydrogens (primary N) is 1. The van der Waals surface area contributed by atoms with Crippen LogP contribution in [0.4, 0.5) is 0 Å². The molecule has 0 saturated heterocycles. The van der Waals surface area contributed by atoms with Gasteiger partial charge in [-0.15, -0.1) is 0 Å². The Kier molecular flexibility index (Phi) is 5.64. The molecule has 1 aliphatic carbocycles. The summed E-state index contributed by atoms with van der Waals surface area (Å²) >= 11 is 0. The maximum atomic E-state index is 12.3. The molecule has 1 fully saturated rings. The molecule has 0 aromatic carbocycles. The minimum Gasteiger partial charge on any atom is -0.355 e. The molecule has 1 saturated carbocycles. The number of carbonyl (C=O) groups is 1. The summed E-state index contributed by atoms with van der Waals surface area (Å²) in [5.74, 6) is 0.253. The molecule has 0 unspecified atom stereocenters. The molecular weight excluding hydrogens is 224 g/mol. The Morgan fingerprint density at radius 1 is 1.28 bits per heavy atom. The zero-order valence-corrected chi connectivity index (χ0v) is 12.3. The Morgan fingerprint density at radius 2 is 1.89 bits per heavy atom. The van der Waals surface area contributed by atoms with Gasteiger partial charge in [0.2, 0.25) is 5.91 Å². The van der Waals surface area contributed by atoms with Crippen LogP contribution < -0.4 is 11.1 Å². The Labute approximate surface area is 112 Å². The second-order valence-electron chi connectivity index (χ2n) is 6.86. The van der Waals surface area contributed by atoms with E-state index < -0.39 is 0 Å². The van der Waals surface area contributed by atoms with Gasteiger partial charge in [0.25, 0.3) is 0 Å². The highest BCUT2D eigenvalue weighted by Crippen LogP contribution is 2.36. The van der Waals surface area contributed by atoms with E-state index in [0.29, 0.717) is 0 Å². The first-order chi connectivity index (χ1) is 8.40. The van der Waals surface area contributed by atoms with Crippen LogP contribution in [0.5, 0.6) is 0 Å².